The Morgan fingerprint density at radius 2 is 1.58 bits per heavy atom. The first-order chi connectivity index (χ1) is 12.6. The average Bonchev–Trinajstić information content (AvgIpc) is 2.66. The van der Waals surface area contributed by atoms with Crippen molar-refractivity contribution in [1.82, 2.24) is 5.43 Å². The zero-order valence-corrected chi connectivity index (χ0v) is 15.6. The average molecular weight is 354 g/mol. The van der Waals surface area contributed by atoms with Crippen LogP contribution in [-0.2, 0) is 11.2 Å². The van der Waals surface area contributed by atoms with Gasteiger partial charge in [-0.15, -0.1) is 0 Å². The summed E-state index contributed by atoms with van der Waals surface area (Å²) in [6.45, 7) is 6.47. The summed E-state index contributed by atoms with van der Waals surface area (Å²) < 4.78 is 10.9. The van der Waals surface area contributed by atoms with Crippen LogP contribution < -0.4 is 14.9 Å². The fraction of sp³-hybridized carbons (Fsp3) is 0.333. The molecule has 0 aromatic heterocycles. The van der Waals surface area contributed by atoms with Crippen molar-refractivity contribution in [1.29, 1.82) is 0 Å². The maximum absolute atomic E-state index is 11.9. The number of nitrogens with zero attached hydrogens (tertiary/aromatic N) is 1. The highest BCUT2D eigenvalue weighted by atomic mass is 16.5. The first-order valence-corrected chi connectivity index (χ1v) is 8.90. The summed E-state index contributed by atoms with van der Waals surface area (Å²) in [4.78, 5) is 11.9. The molecule has 0 radical (unpaired) electrons. The lowest BCUT2D eigenvalue weighted by Gasteiger charge is -2.07. The van der Waals surface area contributed by atoms with Crippen LogP contribution in [0.1, 0.15) is 38.3 Å². The lowest BCUT2D eigenvalue weighted by Crippen LogP contribution is -2.25. The molecule has 0 spiro atoms. The van der Waals surface area contributed by atoms with Crippen molar-refractivity contribution in [2.24, 2.45) is 5.10 Å². The largest absolute Gasteiger partial charge is 0.494 e. The lowest BCUT2D eigenvalue weighted by atomic mass is 10.1. The van der Waals surface area contributed by atoms with E-state index in [1.807, 2.05) is 62.4 Å². The van der Waals surface area contributed by atoms with Gasteiger partial charge in [0.1, 0.15) is 11.5 Å². The van der Waals surface area contributed by atoms with Gasteiger partial charge in [-0.25, -0.2) is 5.43 Å². The second kappa shape index (κ2) is 10.2. The van der Waals surface area contributed by atoms with E-state index >= 15 is 0 Å². The van der Waals surface area contributed by atoms with Crippen molar-refractivity contribution < 1.29 is 14.3 Å². The minimum absolute atomic E-state index is 0.0762. The summed E-state index contributed by atoms with van der Waals surface area (Å²) in [5.41, 5.74) is 5.41. The van der Waals surface area contributed by atoms with E-state index < -0.39 is 0 Å². The van der Waals surface area contributed by atoms with Gasteiger partial charge < -0.3 is 9.47 Å². The van der Waals surface area contributed by atoms with Crippen LogP contribution in [0.5, 0.6) is 11.5 Å². The summed E-state index contributed by atoms with van der Waals surface area (Å²) in [6, 6.07) is 15.4. The van der Waals surface area contributed by atoms with Crippen LogP contribution in [0.15, 0.2) is 53.6 Å². The number of nitrogens with one attached hydrogen (secondary N) is 1. The first-order valence-electron chi connectivity index (χ1n) is 8.90. The summed E-state index contributed by atoms with van der Waals surface area (Å²) in [6.07, 6.45) is 2.15. The summed E-state index contributed by atoms with van der Waals surface area (Å²) in [5.74, 6) is 1.19. The SMILES string of the molecule is CCCc1ccc(OCC(=O)N/N=C(\C)c2ccc(OCC)cc2)cc1. The number of hydrogen-bond acceptors (Lipinski definition) is 4. The van der Waals surface area contributed by atoms with Crippen LogP contribution in [-0.4, -0.2) is 24.8 Å². The molecule has 26 heavy (non-hydrogen) atoms. The van der Waals surface area contributed by atoms with Crippen LogP contribution in [0.2, 0.25) is 0 Å². The normalized spacial score (nSPS) is 11.1. The van der Waals surface area contributed by atoms with E-state index in [1.54, 1.807) is 0 Å². The van der Waals surface area contributed by atoms with Crippen LogP contribution >= 0.6 is 0 Å². The van der Waals surface area contributed by atoms with Crippen LogP contribution in [0.25, 0.3) is 0 Å². The molecular weight excluding hydrogens is 328 g/mol. The Morgan fingerprint density at radius 3 is 2.19 bits per heavy atom. The van der Waals surface area contributed by atoms with Crippen LogP contribution in [0.3, 0.4) is 0 Å². The molecule has 0 fully saturated rings. The van der Waals surface area contributed by atoms with Crippen molar-refractivity contribution in [3.63, 3.8) is 0 Å². The predicted molar refractivity (Wildman–Crippen MR) is 104 cm³/mol. The molecular formula is C21H26N2O3. The summed E-state index contributed by atoms with van der Waals surface area (Å²) in [5, 5.41) is 4.12. The number of rotatable bonds is 9. The maximum Gasteiger partial charge on any atom is 0.277 e. The van der Waals surface area contributed by atoms with E-state index in [9.17, 15) is 4.79 Å². The van der Waals surface area contributed by atoms with Gasteiger partial charge in [0, 0.05) is 0 Å². The Hall–Kier alpha value is -2.82. The molecule has 0 atom stereocenters. The Morgan fingerprint density at radius 1 is 0.962 bits per heavy atom. The third kappa shape index (κ3) is 6.24. The Balaban J connectivity index is 1.82. The zero-order chi connectivity index (χ0) is 18.8. The monoisotopic (exact) mass is 354 g/mol. The zero-order valence-electron chi connectivity index (χ0n) is 15.6. The van der Waals surface area contributed by atoms with E-state index in [2.05, 4.69) is 17.5 Å². The topological polar surface area (TPSA) is 59.9 Å². The van der Waals surface area contributed by atoms with Gasteiger partial charge >= 0.3 is 0 Å². The maximum atomic E-state index is 11.9. The Kier molecular flexibility index (Phi) is 7.68. The van der Waals surface area contributed by atoms with Gasteiger partial charge in [-0.2, -0.15) is 5.10 Å². The van der Waals surface area contributed by atoms with Crippen molar-refractivity contribution in [2.75, 3.05) is 13.2 Å². The Bertz CT molecular complexity index is 722. The van der Waals surface area contributed by atoms with Gasteiger partial charge in [0.2, 0.25) is 0 Å². The highest BCUT2D eigenvalue weighted by Crippen LogP contribution is 2.14. The molecule has 0 saturated heterocycles. The molecule has 0 aliphatic heterocycles. The number of carbonyl (C=O) groups is 1. The molecule has 2 rings (SSSR count). The van der Waals surface area contributed by atoms with Crippen molar-refractivity contribution >= 4 is 11.6 Å². The molecule has 2 aromatic carbocycles. The first kappa shape index (κ1) is 19.5. The second-order valence-corrected chi connectivity index (χ2v) is 5.87. The molecule has 0 bridgehead atoms. The third-order valence-electron chi connectivity index (χ3n) is 3.76. The molecule has 2 aromatic rings. The summed E-state index contributed by atoms with van der Waals surface area (Å²) in [7, 11) is 0. The van der Waals surface area contributed by atoms with Gasteiger partial charge in [0.15, 0.2) is 6.61 Å². The number of carbonyl (C=O) groups excluding carboxylic acids is 1. The highest BCUT2D eigenvalue weighted by Gasteiger charge is 2.04. The fourth-order valence-electron chi connectivity index (χ4n) is 2.39. The minimum Gasteiger partial charge on any atom is -0.494 e. The second-order valence-electron chi connectivity index (χ2n) is 5.87. The number of amides is 1. The van der Waals surface area contributed by atoms with Crippen molar-refractivity contribution in [3.05, 3.63) is 59.7 Å². The lowest BCUT2D eigenvalue weighted by molar-refractivity contribution is -0.123. The predicted octanol–water partition coefficient (Wildman–Crippen LogP) is 3.96. The molecule has 138 valence electrons. The van der Waals surface area contributed by atoms with Crippen LogP contribution in [0, 0.1) is 0 Å². The standard InChI is InChI=1S/C21H26N2O3/c1-4-6-17-7-11-20(12-8-17)26-15-21(24)23-22-16(3)18-9-13-19(14-10-18)25-5-2/h7-14H,4-6,15H2,1-3H3,(H,23,24)/b22-16+. The number of hydrogen-bond donors (Lipinski definition) is 1. The molecule has 1 amide bonds. The van der Waals surface area contributed by atoms with Gasteiger partial charge in [-0.05, 0) is 67.8 Å². The van der Waals surface area contributed by atoms with E-state index in [0.29, 0.717) is 18.1 Å². The highest BCUT2D eigenvalue weighted by molar-refractivity contribution is 5.99. The van der Waals surface area contributed by atoms with Gasteiger partial charge in [-0.1, -0.05) is 25.5 Å². The van der Waals surface area contributed by atoms with Gasteiger partial charge in [-0.3, -0.25) is 4.79 Å². The number of hydrazone groups is 1. The molecule has 0 heterocycles. The minimum atomic E-state index is -0.298. The molecule has 0 saturated carbocycles. The van der Waals surface area contributed by atoms with E-state index in [-0.39, 0.29) is 12.5 Å². The summed E-state index contributed by atoms with van der Waals surface area (Å²) >= 11 is 0. The van der Waals surface area contributed by atoms with Crippen molar-refractivity contribution in [2.45, 2.75) is 33.6 Å². The van der Waals surface area contributed by atoms with E-state index in [0.717, 1.165) is 24.2 Å². The third-order valence-corrected chi connectivity index (χ3v) is 3.76. The van der Waals surface area contributed by atoms with Crippen molar-refractivity contribution in [3.8, 4) is 11.5 Å². The number of aryl methyl sites for hydroxylation is 1. The molecule has 0 aliphatic rings. The molecule has 5 heteroatoms. The number of benzene rings is 2. The van der Waals surface area contributed by atoms with E-state index in [1.165, 1.54) is 5.56 Å². The molecule has 0 unspecified atom stereocenters. The molecule has 0 aliphatic carbocycles. The van der Waals surface area contributed by atoms with Gasteiger partial charge in [0.05, 0.1) is 12.3 Å². The van der Waals surface area contributed by atoms with Crippen LogP contribution in [0.4, 0.5) is 0 Å². The number of ether oxygens (including phenoxy) is 2. The quantitative estimate of drug-likeness (QED) is 0.548. The van der Waals surface area contributed by atoms with Gasteiger partial charge in [0.25, 0.3) is 5.91 Å². The van der Waals surface area contributed by atoms with E-state index in [4.69, 9.17) is 9.47 Å². The molecule has 5 nitrogen and oxygen atoms in total. The molecule has 1 N–H and O–H groups in total. The fourth-order valence-corrected chi connectivity index (χ4v) is 2.39. The Labute approximate surface area is 155 Å². The smallest absolute Gasteiger partial charge is 0.277 e.